The Morgan fingerprint density at radius 1 is 1.17 bits per heavy atom. The van der Waals surface area contributed by atoms with Crippen LogP contribution in [0.3, 0.4) is 0 Å². The Morgan fingerprint density at radius 3 is 2.35 bits per heavy atom. The second-order valence-corrected chi connectivity index (χ2v) is 5.21. The minimum Gasteiger partial charge on any atom is -0.355 e. The molecule has 122 valence electrons. The van der Waals surface area contributed by atoms with E-state index in [-0.39, 0.29) is 17.0 Å². The van der Waals surface area contributed by atoms with Crippen molar-refractivity contribution < 1.29 is 22.8 Å². The van der Waals surface area contributed by atoms with Gasteiger partial charge in [-0.25, -0.2) is 0 Å². The van der Waals surface area contributed by atoms with Crippen molar-refractivity contribution in [3.05, 3.63) is 52.3 Å². The molecule has 1 aromatic carbocycles. The lowest BCUT2D eigenvalue weighted by atomic mass is 10.1. The number of anilines is 1. The summed E-state index contributed by atoms with van der Waals surface area (Å²) in [7, 11) is 0. The molecule has 1 heterocycles. The summed E-state index contributed by atoms with van der Waals surface area (Å²) in [5.41, 5.74) is 0.720. The Kier molecular flexibility index (Phi) is 4.31. The minimum absolute atomic E-state index is 0.0363. The standard InChI is InChI=1S/C16H15F3N2O2/c1-8-13(9(2)20-14(8)10(3)22)15(23)21-12-6-4-5-11(7-12)16(17,18)19/h4-7,20H,1-3H3,(H,21,23). The van der Waals surface area contributed by atoms with Gasteiger partial charge in [-0.05, 0) is 37.6 Å². The van der Waals surface area contributed by atoms with Crippen LogP contribution in [-0.2, 0) is 6.18 Å². The van der Waals surface area contributed by atoms with Crippen LogP contribution < -0.4 is 5.32 Å². The van der Waals surface area contributed by atoms with Gasteiger partial charge >= 0.3 is 6.18 Å². The average Bonchev–Trinajstić information content (AvgIpc) is 2.73. The molecule has 4 nitrogen and oxygen atoms in total. The summed E-state index contributed by atoms with van der Waals surface area (Å²) in [6.45, 7) is 4.61. The van der Waals surface area contributed by atoms with E-state index in [4.69, 9.17) is 0 Å². The Bertz CT molecular complexity index is 776. The molecular formula is C16H15F3N2O2. The molecule has 23 heavy (non-hydrogen) atoms. The maximum absolute atomic E-state index is 12.7. The van der Waals surface area contributed by atoms with Gasteiger partial charge in [0.25, 0.3) is 5.91 Å². The highest BCUT2D eigenvalue weighted by molar-refractivity contribution is 6.08. The highest BCUT2D eigenvalue weighted by Crippen LogP contribution is 2.31. The second kappa shape index (κ2) is 5.91. The maximum Gasteiger partial charge on any atom is 0.416 e. The molecule has 1 amide bonds. The summed E-state index contributed by atoms with van der Waals surface area (Å²) in [6.07, 6.45) is -4.48. The smallest absolute Gasteiger partial charge is 0.355 e. The minimum atomic E-state index is -4.48. The highest BCUT2D eigenvalue weighted by Gasteiger charge is 2.30. The van der Waals surface area contributed by atoms with Crippen molar-refractivity contribution in [3.8, 4) is 0 Å². The number of amides is 1. The molecule has 0 saturated carbocycles. The molecule has 2 aromatic rings. The first kappa shape index (κ1) is 16.8. The number of alkyl halides is 3. The van der Waals surface area contributed by atoms with Crippen LogP contribution in [0.4, 0.5) is 18.9 Å². The maximum atomic E-state index is 12.7. The van der Waals surface area contributed by atoms with Crippen LogP contribution in [0.1, 0.15) is 44.6 Å². The van der Waals surface area contributed by atoms with Crippen molar-refractivity contribution in [2.24, 2.45) is 0 Å². The van der Waals surface area contributed by atoms with Crippen molar-refractivity contribution in [3.63, 3.8) is 0 Å². The first-order chi connectivity index (χ1) is 10.6. The van der Waals surface area contributed by atoms with Gasteiger partial charge in [0.15, 0.2) is 5.78 Å². The molecule has 2 rings (SSSR count). The number of benzene rings is 1. The number of aryl methyl sites for hydroxylation is 1. The van der Waals surface area contributed by atoms with Gasteiger partial charge < -0.3 is 10.3 Å². The lowest BCUT2D eigenvalue weighted by Gasteiger charge is -2.10. The quantitative estimate of drug-likeness (QED) is 0.835. The monoisotopic (exact) mass is 324 g/mol. The third kappa shape index (κ3) is 3.44. The fourth-order valence-electron chi connectivity index (χ4n) is 2.41. The summed E-state index contributed by atoms with van der Waals surface area (Å²) in [4.78, 5) is 26.6. The number of Topliss-reactive ketones (excluding diaryl/α,β-unsaturated/α-hetero) is 1. The van der Waals surface area contributed by atoms with E-state index in [1.807, 2.05) is 0 Å². The molecule has 0 saturated heterocycles. The summed E-state index contributed by atoms with van der Waals surface area (Å²) in [5.74, 6) is -0.785. The number of hydrogen-bond donors (Lipinski definition) is 2. The molecule has 0 aliphatic carbocycles. The van der Waals surface area contributed by atoms with E-state index in [1.54, 1.807) is 13.8 Å². The van der Waals surface area contributed by atoms with E-state index in [2.05, 4.69) is 10.3 Å². The van der Waals surface area contributed by atoms with E-state index < -0.39 is 17.6 Å². The van der Waals surface area contributed by atoms with E-state index in [0.717, 1.165) is 12.1 Å². The van der Waals surface area contributed by atoms with Crippen molar-refractivity contribution in [1.82, 2.24) is 4.98 Å². The molecule has 0 bridgehead atoms. The topological polar surface area (TPSA) is 62.0 Å². The average molecular weight is 324 g/mol. The fraction of sp³-hybridized carbons (Fsp3) is 0.250. The molecule has 7 heteroatoms. The number of aromatic amines is 1. The Morgan fingerprint density at radius 2 is 1.83 bits per heavy atom. The zero-order chi connectivity index (χ0) is 17.4. The van der Waals surface area contributed by atoms with Crippen LogP contribution in [0.2, 0.25) is 0 Å². The number of ketones is 1. The number of carbonyl (C=O) groups is 2. The van der Waals surface area contributed by atoms with Gasteiger partial charge in [-0.2, -0.15) is 13.2 Å². The SMILES string of the molecule is CC(=O)c1[nH]c(C)c(C(=O)Nc2cccc(C(F)(F)F)c2)c1C. The number of rotatable bonds is 3. The van der Waals surface area contributed by atoms with E-state index in [0.29, 0.717) is 17.0 Å². The number of carbonyl (C=O) groups excluding carboxylic acids is 2. The van der Waals surface area contributed by atoms with Gasteiger partial charge in [0.1, 0.15) is 0 Å². The van der Waals surface area contributed by atoms with Crippen molar-refractivity contribution in [2.45, 2.75) is 26.9 Å². The molecule has 0 aliphatic heterocycles. The van der Waals surface area contributed by atoms with Gasteiger partial charge in [-0.3, -0.25) is 9.59 Å². The molecule has 0 radical (unpaired) electrons. The van der Waals surface area contributed by atoms with Gasteiger partial charge in [0, 0.05) is 18.3 Å². The second-order valence-electron chi connectivity index (χ2n) is 5.21. The van der Waals surface area contributed by atoms with E-state index in [1.165, 1.54) is 19.1 Å². The van der Waals surface area contributed by atoms with Gasteiger partial charge in [0.2, 0.25) is 0 Å². The number of H-pyrrole nitrogens is 1. The van der Waals surface area contributed by atoms with Crippen LogP contribution in [0, 0.1) is 13.8 Å². The Hall–Kier alpha value is -2.57. The van der Waals surface area contributed by atoms with Gasteiger partial charge in [0.05, 0.1) is 16.8 Å². The number of hydrogen-bond acceptors (Lipinski definition) is 2. The zero-order valence-corrected chi connectivity index (χ0v) is 12.8. The summed E-state index contributed by atoms with van der Waals surface area (Å²) >= 11 is 0. The van der Waals surface area contributed by atoms with E-state index in [9.17, 15) is 22.8 Å². The third-order valence-electron chi connectivity index (χ3n) is 3.46. The van der Waals surface area contributed by atoms with Crippen molar-refractivity contribution in [2.75, 3.05) is 5.32 Å². The molecule has 0 atom stereocenters. The normalized spacial score (nSPS) is 11.4. The van der Waals surface area contributed by atoms with Crippen molar-refractivity contribution in [1.29, 1.82) is 0 Å². The molecule has 1 aromatic heterocycles. The van der Waals surface area contributed by atoms with Crippen molar-refractivity contribution >= 4 is 17.4 Å². The highest BCUT2D eigenvalue weighted by atomic mass is 19.4. The molecule has 0 aliphatic rings. The lowest BCUT2D eigenvalue weighted by molar-refractivity contribution is -0.137. The summed E-state index contributed by atoms with van der Waals surface area (Å²) in [6, 6.07) is 4.38. The number of halogens is 3. The molecular weight excluding hydrogens is 309 g/mol. The predicted molar refractivity (Wildman–Crippen MR) is 79.7 cm³/mol. The summed E-state index contributed by atoms with van der Waals surface area (Å²) in [5, 5.41) is 2.43. The molecule has 2 N–H and O–H groups in total. The van der Waals surface area contributed by atoms with Gasteiger partial charge in [-0.1, -0.05) is 6.07 Å². The van der Waals surface area contributed by atoms with E-state index >= 15 is 0 Å². The largest absolute Gasteiger partial charge is 0.416 e. The lowest BCUT2D eigenvalue weighted by Crippen LogP contribution is -2.14. The van der Waals surface area contributed by atoms with Crippen LogP contribution in [0.15, 0.2) is 24.3 Å². The first-order valence-corrected chi connectivity index (χ1v) is 6.80. The van der Waals surface area contributed by atoms with Crippen LogP contribution in [0.5, 0.6) is 0 Å². The molecule has 0 unspecified atom stereocenters. The van der Waals surface area contributed by atoms with Crippen LogP contribution >= 0.6 is 0 Å². The zero-order valence-electron chi connectivity index (χ0n) is 12.8. The number of aromatic nitrogens is 1. The Labute approximate surface area is 130 Å². The predicted octanol–water partition coefficient (Wildman–Crippen LogP) is 4.11. The Balaban J connectivity index is 2.32. The van der Waals surface area contributed by atoms with Crippen LogP contribution in [0.25, 0.3) is 0 Å². The van der Waals surface area contributed by atoms with Gasteiger partial charge in [-0.15, -0.1) is 0 Å². The molecule has 0 fully saturated rings. The number of nitrogens with one attached hydrogen (secondary N) is 2. The summed E-state index contributed by atoms with van der Waals surface area (Å²) < 4.78 is 38.1. The van der Waals surface area contributed by atoms with Crippen LogP contribution in [-0.4, -0.2) is 16.7 Å². The third-order valence-corrected chi connectivity index (χ3v) is 3.46. The fourth-order valence-corrected chi connectivity index (χ4v) is 2.41. The molecule has 0 spiro atoms. The first-order valence-electron chi connectivity index (χ1n) is 6.80.